The molecule has 0 radical (unpaired) electrons. The van der Waals surface area contributed by atoms with E-state index in [0.29, 0.717) is 30.8 Å². The predicted molar refractivity (Wildman–Crippen MR) is 101 cm³/mol. The molecule has 1 saturated heterocycles. The van der Waals surface area contributed by atoms with Crippen LogP contribution in [0.15, 0.2) is 17.2 Å². The van der Waals surface area contributed by atoms with Gasteiger partial charge in [0.15, 0.2) is 0 Å². The second-order valence-electron chi connectivity index (χ2n) is 7.42. The van der Waals surface area contributed by atoms with Crippen molar-refractivity contribution in [2.24, 2.45) is 0 Å². The van der Waals surface area contributed by atoms with Crippen molar-refractivity contribution < 1.29 is 9.53 Å². The number of nitrogens with zero attached hydrogens (tertiary/aromatic N) is 2. The second kappa shape index (κ2) is 6.54. The van der Waals surface area contributed by atoms with Crippen LogP contribution in [0.1, 0.15) is 44.2 Å². The number of amides is 1. The number of thiophene rings is 1. The van der Waals surface area contributed by atoms with Crippen LogP contribution in [0.25, 0.3) is 0 Å². The summed E-state index contributed by atoms with van der Waals surface area (Å²) in [6.45, 7) is 3.56. The van der Waals surface area contributed by atoms with E-state index in [-0.39, 0.29) is 17.1 Å². The van der Waals surface area contributed by atoms with Gasteiger partial charge in [-0.2, -0.15) is 0 Å². The Morgan fingerprint density at radius 1 is 1.30 bits per heavy atom. The van der Waals surface area contributed by atoms with Crippen LogP contribution in [0, 0.1) is 0 Å². The van der Waals surface area contributed by atoms with E-state index in [2.05, 4.69) is 21.4 Å². The summed E-state index contributed by atoms with van der Waals surface area (Å²) in [5, 5.41) is 3.40. The molecule has 0 atom stereocenters. The van der Waals surface area contributed by atoms with Gasteiger partial charge in [-0.15, -0.1) is 11.3 Å². The normalized spacial score (nSPS) is 21.0. The van der Waals surface area contributed by atoms with Gasteiger partial charge in [0.1, 0.15) is 0 Å². The van der Waals surface area contributed by atoms with Crippen LogP contribution >= 0.6 is 11.3 Å². The number of carbonyl (C=O) groups is 1. The minimum absolute atomic E-state index is 0.0335. The number of carbonyl (C=O) groups excluding carboxylic acids is 1. The highest BCUT2D eigenvalue weighted by Gasteiger charge is 2.41. The smallest absolute Gasteiger partial charge is 0.264 e. The summed E-state index contributed by atoms with van der Waals surface area (Å²) >= 11 is 1.61. The zero-order chi connectivity index (χ0) is 18.4. The first-order valence-electron chi connectivity index (χ1n) is 9.49. The molecule has 2 aromatic rings. The summed E-state index contributed by atoms with van der Waals surface area (Å²) < 4.78 is 6.22. The van der Waals surface area contributed by atoms with Gasteiger partial charge in [0, 0.05) is 23.4 Å². The minimum atomic E-state index is -0.225. The van der Waals surface area contributed by atoms with Crippen molar-refractivity contribution >= 4 is 17.2 Å². The van der Waals surface area contributed by atoms with E-state index >= 15 is 0 Å². The van der Waals surface area contributed by atoms with Gasteiger partial charge in [-0.25, -0.2) is 4.98 Å². The topological polar surface area (TPSA) is 87.3 Å². The van der Waals surface area contributed by atoms with Gasteiger partial charge in [0.25, 0.3) is 11.5 Å². The fraction of sp³-hybridized carbons (Fsp3) is 0.526. The Morgan fingerprint density at radius 3 is 3.00 bits per heavy atom. The number of rotatable bonds is 1. The van der Waals surface area contributed by atoms with Crippen LogP contribution in [-0.2, 0) is 29.7 Å². The number of fused-ring (bicyclic) bond motifs is 3. The third-order valence-corrected chi connectivity index (χ3v) is 7.11. The zero-order valence-corrected chi connectivity index (χ0v) is 15.9. The predicted octanol–water partition coefficient (Wildman–Crippen LogP) is 1.18. The Hall–Kier alpha value is -2.03. The van der Waals surface area contributed by atoms with Crippen molar-refractivity contribution in [3.05, 3.63) is 49.3 Å². The molecule has 1 fully saturated rings. The van der Waals surface area contributed by atoms with E-state index < -0.39 is 0 Å². The Kier molecular flexibility index (Phi) is 4.14. The third kappa shape index (κ3) is 2.83. The molecule has 3 aliphatic heterocycles. The number of nitrogens with one attached hydrogen (secondary N) is 2. The standard InChI is InChI=1S/C19H22N4O3S/c24-17-12-1-7-23(10-14(12)21-11-22-17)18(25)16-9-13-15(27-16)2-8-26-19(13)3-5-20-6-4-19/h9,11,20H,1-8,10H2,(H,21,22,24). The lowest BCUT2D eigenvalue weighted by Crippen LogP contribution is -2.44. The molecular weight excluding hydrogens is 364 g/mol. The zero-order valence-electron chi connectivity index (χ0n) is 15.0. The van der Waals surface area contributed by atoms with E-state index in [1.807, 2.05) is 4.90 Å². The van der Waals surface area contributed by atoms with Crippen LogP contribution in [0.3, 0.4) is 0 Å². The number of piperidine rings is 1. The van der Waals surface area contributed by atoms with Crippen molar-refractivity contribution in [3.63, 3.8) is 0 Å². The van der Waals surface area contributed by atoms with E-state index in [4.69, 9.17) is 4.74 Å². The lowest BCUT2D eigenvalue weighted by molar-refractivity contribution is -0.0792. The van der Waals surface area contributed by atoms with Crippen LogP contribution < -0.4 is 10.9 Å². The number of ether oxygens (including phenoxy) is 1. The summed E-state index contributed by atoms with van der Waals surface area (Å²) in [6, 6.07) is 2.06. The Balaban J connectivity index is 1.43. The van der Waals surface area contributed by atoms with Gasteiger partial charge in [-0.3, -0.25) is 9.59 Å². The largest absolute Gasteiger partial charge is 0.370 e. The maximum atomic E-state index is 13.2. The molecule has 0 aromatic carbocycles. The van der Waals surface area contributed by atoms with Gasteiger partial charge >= 0.3 is 0 Å². The fourth-order valence-electron chi connectivity index (χ4n) is 4.46. The molecule has 2 N–H and O–H groups in total. The molecule has 0 aliphatic carbocycles. The Bertz CT molecular complexity index is 945. The number of hydrogen-bond acceptors (Lipinski definition) is 6. The molecule has 142 valence electrons. The number of hydrogen-bond donors (Lipinski definition) is 2. The lowest BCUT2D eigenvalue weighted by atomic mass is 9.83. The molecule has 3 aliphatic rings. The molecule has 1 amide bonds. The SMILES string of the molecule is O=C(c1cc2c(s1)CCOC21CCNCC1)N1CCc2c(nc[nH]c2=O)C1. The van der Waals surface area contributed by atoms with Gasteiger partial charge in [-0.05, 0) is 44.0 Å². The molecule has 7 nitrogen and oxygen atoms in total. The average Bonchev–Trinajstić information content (AvgIpc) is 3.14. The van der Waals surface area contributed by atoms with Gasteiger partial charge in [0.05, 0.1) is 35.7 Å². The quantitative estimate of drug-likeness (QED) is 0.769. The molecule has 5 heterocycles. The maximum Gasteiger partial charge on any atom is 0.264 e. The van der Waals surface area contributed by atoms with Crippen LogP contribution in [0.5, 0.6) is 0 Å². The van der Waals surface area contributed by atoms with Crippen molar-refractivity contribution in [2.75, 3.05) is 26.2 Å². The van der Waals surface area contributed by atoms with Gasteiger partial charge in [-0.1, -0.05) is 0 Å². The van der Waals surface area contributed by atoms with Crippen molar-refractivity contribution in [1.29, 1.82) is 0 Å². The fourth-order valence-corrected chi connectivity index (χ4v) is 5.66. The second-order valence-corrected chi connectivity index (χ2v) is 8.56. The molecule has 5 rings (SSSR count). The van der Waals surface area contributed by atoms with E-state index in [1.54, 1.807) is 11.3 Å². The van der Waals surface area contributed by atoms with Crippen LogP contribution in [0.2, 0.25) is 0 Å². The van der Waals surface area contributed by atoms with Crippen LogP contribution in [0.4, 0.5) is 0 Å². The molecular formula is C19H22N4O3S. The maximum absolute atomic E-state index is 13.2. The van der Waals surface area contributed by atoms with Crippen molar-refractivity contribution in [1.82, 2.24) is 20.2 Å². The Morgan fingerprint density at radius 2 is 2.15 bits per heavy atom. The molecule has 1 spiro atoms. The summed E-state index contributed by atoms with van der Waals surface area (Å²) in [5.74, 6) is 0.0335. The van der Waals surface area contributed by atoms with E-state index in [0.717, 1.165) is 43.8 Å². The molecule has 27 heavy (non-hydrogen) atoms. The molecule has 0 saturated carbocycles. The number of aromatic nitrogens is 2. The first kappa shape index (κ1) is 17.1. The van der Waals surface area contributed by atoms with E-state index in [1.165, 1.54) is 16.8 Å². The molecule has 0 bridgehead atoms. The molecule has 8 heteroatoms. The van der Waals surface area contributed by atoms with Crippen LogP contribution in [-0.4, -0.2) is 47.0 Å². The highest BCUT2D eigenvalue weighted by Crippen LogP contribution is 2.43. The minimum Gasteiger partial charge on any atom is -0.370 e. The van der Waals surface area contributed by atoms with Crippen molar-refractivity contribution in [3.8, 4) is 0 Å². The van der Waals surface area contributed by atoms with Gasteiger partial charge < -0.3 is 19.9 Å². The summed E-state index contributed by atoms with van der Waals surface area (Å²) in [5.41, 5.74) is 2.31. The highest BCUT2D eigenvalue weighted by atomic mass is 32.1. The van der Waals surface area contributed by atoms with Gasteiger partial charge in [0.2, 0.25) is 0 Å². The molecule has 0 unspecified atom stereocenters. The monoisotopic (exact) mass is 386 g/mol. The number of H-pyrrole nitrogens is 1. The Labute approximate surface area is 160 Å². The first-order valence-corrected chi connectivity index (χ1v) is 10.3. The van der Waals surface area contributed by atoms with E-state index in [9.17, 15) is 9.59 Å². The third-order valence-electron chi connectivity index (χ3n) is 5.93. The summed E-state index contributed by atoms with van der Waals surface area (Å²) in [7, 11) is 0. The average molecular weight is 386 g/mol. The molecule has 2 aromatic heterocycles. The summed E-state index contributed by atoms with van der Waals surface area (Å²) in [4.78, 5) is 35.8. The summed E-state index contributed by atoms with van der Waals surface area (Å²) in [6.07, 6.45) is 4.75. The van der Waals surface area contributed by atoms with Crippen molar-refractivity contribution in [2.45, 2.75) is 37.8 Å². The highest BCUT2D eigenvalue weighted by molar-refractivity contribution is 7.14. The lowest BCUT2D eigenvalue weighted by Gasteiger charge is -2.40. The number of aromatic amines is 1. The first-order chi connectivity index (χ1) is 13.2.